The number of thioether (sulfide) groups is 1. The van der Waals surface area contributed by atoms with Crippen molar-refractivity contribution in [2.24, 2.45) is 5.73 Å². The van der Waals surface area contributed by atoms with Gasteiger partial charge in [-0.3, -0.25) is 4.79 Å². The van der Waals surface area contributed by atoms with Crippen LogP contribution < -0.4 is 10.5 Å². The third kappa shape index (κ3) is 4.24. The number of Topliss-reactive ketones (excluding diaryl/α,β-unsaturated/α-hetero) is 1. The Morgan fingerprint density at radius 1 is 1.38 bits per heavy atom. The molecule has 0 atom stereocenters. The minimum Gasteiger partial charge on any atom is -0.492 e. The average molecular weight is 239 g/mol. The summed E-state index contributed by atoms with van der Waals surface area (Å²) in [5, 5.41) is 0. The summed E-state index contributed by atoms with van der Waals surface area (Å²) in [4.78, 5) is 11.3. The molecule has 0 unspecified atom stereocenters. The zero-order valence-corrected chi connectivity index (χ0v) is 10.3. The molecule has 0 saturated carbocycles. The zero-order valence-electron chi connectivity index (χ0n) is 9.44. The van der Waals surface area contributed by atoms with E-state index in [0.717, 1.165) is 11.5 Å². The topological polar surface area (TPSA) is 52.3 Å². The zero-order chi connectivity index (χ0) is 11.8. The molecule has 0 aromatic heterocycles. The molecule has 1 aromatic rings. The smallest absolute Gasteiger partial charge is 0.163 e. The molecule has 0 fully saturated rings. The second kappa shape index (κ2) is 7.30. The number of benzene rings is 1. The Hall–Kier alpha value is -1.00. The molecule has 0 aliphatic carbocycles. The van der Waals surface area contributed by atoms with Crippen LogP contribution in [0, 0.1) is 0 Å². The Bertz CT molecular complexity index is 342. The first-order valence-electron chi connectivity index (χ1n) is 5.26. The van der Waals surface area contributed by atoms with Crippen molar-refractivity contribution < 1.29 is 9.53 Å². The number of ether oxygens (including phenoxy) is 1. The van der Waals surface area contributed by atoms with E-state index in [1.807, 2.05) is 18.2 Å². The fourth-order valence-corrected chi connectivity index (χ4v) is 1.85. The maximum absolute atomic E-state index is 11.3. The number of nitrogens with two attached hydrogens (primary N) is 1. The van der Waals surface area contributed by atoms with Gasteiger partial charge in [0.1, 0.15) is 5.75 Å². The van der Waals surface area contributed by atoms with E-state index in [1.54, 1.807) is 24.8 Å². The van der Waals surface area contributed by atoms with Crippen LogP contribution in [0.1, 0.15) is 17.3 Å². The van der Waals surface area contributed by atoms with Crippen molar-refractivity contribution in [3.8, 4) is 5.75 Å². The van der Waals surface area contributed by atoms with Crippen LogP contribution in [-0.2, 0) is 0 Å². The van der Waals surface area contributed by atoms with Crippen LogP contribution in [0.15, 0.2) is 24.3 Å². The molecule has 0 amide bonds. The lowest BCUT2D eigenvalue weighted by molar-refractivity contribution is 0.101. The Kier molecular flexibility index (Phi) is 5.96. The Balaban J connectivity index is 2.44. The summed E-state index contributed by atoms with van der Waals surface area (Å²) >= 11 is 1.75. The first-order valence-corrected chi connectivity index (χ1v) is 6.41. The highest BCUT2D eigenvalue weighted by molar-refractivity contribution is 7.99. The highest BCUT2D eigenvalue weighted by atomic mass is 32.2. The molecule has 0 bridgehead atoms. The van der Waals surface area contributed by atoms with Gasteiger partial charge in [0.25, 0.3) is 0 Å². The summed E-state index contributed by atoms with van der Waals surface area (Å²) in [6.07, 6.45) is 0. The lowest BCUT2D eigenvalue weighted by atomic mass is 10.1. The predicted octanol–water partition coefficient (Wildman–Crippen LogP) is 1.96. The van der Waals surface area contributed by atoms with Crippen LogP contribution >= 0.6 is 11.8 Å². The van der Waals surface area contributed by atoms with E-state index in [1.165, 1.54) is 0 Å². The van der Waals surface area contributed by atoms with Gasteiger partial charge in [-0.2, -0.15) is 11.8 Å². The van der Waals surface area contributed by atoms with Gasteiger partial charge in [-0.05, 0) is 19.1 Å². The van der Waals surface area contributed by atoms with Crippen molar-refractivity contribution in [3.05, 3.63) is 29.8 Å². The second-order valence-electron chi connectivity index (χ2n) is 3.30. The van der Waals surface area contributed by atoms with Crippen molar-refractivity contribution in [2.75, 3.05) is 24.7 Å². The van der Waals surface area contributed by atoms with E-state index >= 15 is 0 Å². The summed E-state index contributed by atoms with van der Waals surface area (Å²) in [6.45, 7) is 2.84. The molecular weight excluding hydrogens is 222 g/mol. The van der Waals surface area contributed by atoms with Crippen molar-refractivity contribution in [3.63, 3.8) is 0 Å². The first kappa shape index (κ1) is 13.1. The predicted molar refractivity (Wildman–Crippen MR) is 68.3 cm³/mol. The van der Waals surface area contributed by atoms with Gasteiger partial charge in [-0.1, -0.05) is 12.1 Å². The van der Waals surface area contributed by atoms with Crippen molar-refractivity contribution in [1.29, 1.82) is 0 Å². The molecule has 2 N–H and O–H groups in total. The number of ketones is 1. The van der Waals surface area contributed by atoms with Gasteiger partial charge in [-0.15, -0.1) is 0 Å². The molecule has 16 heavy (non-hydrogen) atoms. The van der Waals surface area contributed by atoms with Gasteiger partial charge in [-0.25, -0.2) is 0 Å². The minimum atomic E-state index is 0.0326. The lowest BCUT2D eigenvalue weighted by Gasteiger charge is -2.08. The highest BCUT2D eigenvalue weighted by Gasteiger charge is 2.06. The Morgan fingerprint density at radius 3 is 2.81 bits per heavy atom. The second-order valence-corrected chi connectivity index (χ2v) is 4.53. The number of hydrogen-bond acceptors (Lipinski definition) is 4. The van der Waals surface area contributed by atoms with E-state index in [2.05, 4.69) is 0 Å². The van der Waals surface area contributed by atoms with E-state index in [9.17, 15) is 4.79 Å². The summed E-state index contributed by atoms with van der Waals surface area (Å²) in [5.41, 5.74) is 6.02. The highest BCUT2D eigenvalue weighted by Crippen LogP contribution is 2.18. The van der Waals surface area contributed by atoms with E-state index in [4.69, 9.17) is 10.5 Å². The summed E-state index contributed by atoms with van der Waals surface area (Å²) in [5.74, 6) is 2.54. The SMILES string of the molecule is CC(=O)c1ccccc1OCCSCCN. The summed E-state index contributed by atoms with van der Waals surface area (Å²) < 4.78 is 5.56. The van der Waals surface area contributed by atoms with Gasteiger partial charge in [0.15, 0.2) is 5.78 Å². The molecule has 0 aliphatic rings. The molecule has 4 heteroatoms. The summed E-state index contributed by atoms with van der Waals surface area (Å²) in [7, 11) is 0. The molecule has 3 nitrogen and oxygen atoms in total. The lowest BCUT2D eigenvalue weighted by Crippen LogP contribution is -2.07. The Labute approximate surface area is 100 Å². The van der Waals surface area contributed by atoms with Gasteiger partial charge in [0.2, 0.25) is 0 Å². The van der Waals surface area contributed by atoms with Crippen molar-refractivity contribution in [1.82, 2.24) is 0 Å². The molecule has 0 spiro atoms. The number of rotatable bonds is 7. The minimum absolute atomic E-state index is 0.0326. The number of para-hydroxylation sites is 1. The molecule has 0 aliphatic heterocycles. The van der Waals surface area contributed by atoms with Crippen LogP contribution in [0.4, 0.5) is 0 Å². The fraction of sp³-hybridized carbons (Fsp3) is 0.417. The largest absolute Gasteiger partial charge is 0.492 e. The molecule has 0 heterocycles. The molecule has 88 valence electrons. The van der Waals surface area contributed by atoms with Crippen LogP contribution in [0.3, 0.4) is 0 Å². The van der Waals surface area contributed by atoms with Crippen LogP contribution in [0.5, 0.6) is 5.75 Å². The fourth-order valence-electron chi connectivity index (χ4n) is 1.28. The van der Waals surface area contributed by atoms with Crippen LogP contribution in [0.25, 0.3) is 0 Å². The van der Waals surface area contributed by atoms with Gasteiger partial charge in [0, 0.05) is 18.1 Å². The monoisotopic (exact) mass is 239 g/mol. The normalized spacial score (nSPS) is 10.1. The van der Waals surface area contributed by atoms with Gasteiger partial charge in [0.05, 0.1) is 12.2 Å². The molecule has 1 aromatic carbocycles. The van der Waals surface area contributed by atoms with E-state index < -0.39 is 0 Å². The standard InChI is InChI=1S/C12H17NO2S/c1-10(14)11-4-2-3-5-12(11)15-7-9-16-8-6-13/h2-5H,6-9,13H2,1H3. The van der Waals surface area contributed by atoms with E-state index in [-0.39, 0.29) is 5.78 Å². The average Bonchev–Trinajstić information content (AvgIpc) is 2.29. The maximum Gasteiger partial charge on any atom is 0.163 e. The van der Waals surface area contributed by atoms with Crippen molar-refractivity contribution >= 4 is 17.5 Å². The Morgan fingerprint density at radius 2 is 2.12 bits per heavy atom. The third-order valence-electron chi connectivity index (χ3n) is 2.01. The quantitative estimate of drug-likeness (QED) is 0.584. The first-order chi connectivity index (χ1) is 7.75. The molecule has 0 radical (unpaired) electrons. The van der Waals surface area contributed by atoms with Gasteiger partial charge >= 0.3 is 0 Å². The molecule has 1 rings (SSSR count). The number of carbonyl (C=O) groups excluding carboxylic acids is 1. The van der Waals surface area contributed by atoms with Crippen LogP contribution in [0.2, 0.25) is 0 Å². The maximum atomic E-state index is 11.3. The molecular formula is C12H17NO2S. The van der Waals surface area contributed by atoms with Crippen molar-refractivity contribution in [2.45, 2.75) is 6.92 Å². The van der Waals surface area contributed by atoms with Gasteiger partial charge < -0.3 is 10.5 Å². The number of hydrogen-bond donors (Lipinski definition) is 1. The number of carbonyl (C=O) groups is 1. The van der Waals surface area contributed by atoms with Crippen LogP contribution in [-0.4, -0.2) is 30.4 Å². The van der Waals surface area contributed by atoms with E-state index in [0.29, 0.717) is 24.5 Å². The third-order valence-corrected chi connectivity index (χ3v) is 2.99. The summed E-state index contributed by atoms with van der Waals surface area (Å²) in [6, 6.07) is 7.32. The molecule has 0 saturated heterocycles.